The van der Waals surface area contributed by atoms with Crippen LogP contribution in [0.2, 0.25) is 5.15 Å². The zero-order valence-corrected chi connectivity index (χ0v) is 20.7. The Bertz CT molecular complexity index is 1190. The molecule has 0 saturated carbocycles. The third kappa shape index (κ3) is 7.35. The number of nitrogens with zero attached hydrogens (tertiary/aromatic N) is 2. The number of rotatable bonds is 11. The number of nitrogens with one attached hydrogen (secondary N) is 1. The minimum atomic E-state index is -0.681. The topological polar surface area (TPSA) is 91.7 Å². The maximum Gasteiger partial charge on any atom is 0.331 e. The van der Waals surface area contributed by atoms with E-state index in [0.717, 1.165) is 5.56 Å². The summed E-state index contributed by atoms with van der Waals surface area (Å²) in [4.78, 5) is 24.6. The first-order valence-corrected chi connectivity index (χ1v) is 11.6. The molecule has 0 saturated heterocycles. The lowest BCUT2D eigenvalue weighted by Gasteiger charge is -2.13. The zero-order valence-electron chi connectivity index (χ0n) is 19.9. The van der Waals surface area contributed by atoms with Gasteiger partial charge in [-0.05, 0) is 44.5 Å². The molecule has 1 aromatic heterocycles. The van der Waals surface area contributed by atoms with Gasteiger partial charge in [-0.1, -0.05) is 41.9 Å². The van der Waals surface area contributed by atoms with Crippen molar-refractivity contribution in [1.29, 1.82) is 0 Å². The van der Waals surface area contributed by atoms with Crippen molar-refractivity contribution in [2.45, 2.75) is 27.3 Å². The molecule has 0 spiro atoms. The third-order valence-corrected chi connectivity index (χ3v) is 5.25. The van der Waals surface area contributed by atoms with Crippen molar-refractivity contribution in [3.05, 3.63) is 76.6 Å². The number of ether oxygens (including phenoxy) is 3. The van der Waals surface area contributed by atoms with E-state index in [1.165, 1.54) is 12.2 Å². The highest BCUT2D eigenvalue weighted by Gasteiger charge is 2.14. The number of aromatic nitrogens is 2. The Morgan fingerprint density at radius 2 is 1.83 bits per heavy atom. The van der Waals surface area contributed by atoms with E-state index in [9.17, 15) is 9.59 Å². The van der Waals surface area contributed by atoms with E-state index in [2.05, 4.69) is 10.4 Å². The van der Waals surface area contributed by atoms with Gasteiger partial charge >= 0.3 is 5.97 Å². The monoisotopic (exact) mass is 497 g/mol. The van der Waals surface area contributed by atoms with Gasteiger partial charge in [-0.3, -0.25) is 4.79 Å². The molecule has 1 N–H and O–H groups in total. The SMILES string of the molecule is CCOc1ccc(OCC)c(NC(=O)COC(=O)/C=C/c2c(C)nn(Cc3ccccc3)c2Cl)c1. The number of carbonyl (C=O) groups is 2. The molecular formula is C26H28ClN3O5. The van der Waals surface area contributed by atoms with Crippen molar-refractivity contribution in [2.75, 3.05) is 25.1 Å². The lowest BCUT2D eigenvalue weighted by molar-refractivity contribution is -0.142. The van der Waals surface area contributed by atoms with Crippen LogP contribution < -0.4 is 14.8 Å². The van der Waals surface area contributed by atoms with Crippen LogP contribution >= 0.6 is 11.6 Å². The predicted octanol–water partition coefficient (Wildman–Crippen LogP) is 4.89. The smallest absolute Gasteiger partial charge is 0.331 e. The van der Waals surface area contributed by atoms with E-state index in [0.29, 0.717) is 53.4 Å². The fourth-order valence-corrected chi connectivity index (χ4v) is 3.58. The van der Waals surface area contributed by atoms with E-state index in [-0.39, 0.29) is 0 Å². The van der Waals surface area contributed by atoms with Crippen LogP contribution in [0.15, 0.2) is 54.6 Å². The predicted molar refractivity (Wildman–Crippen MR) is 135 cm³/mol. The Morgan fingerprint density at radius 1 is 1.09 bits per heavy atom. The molecule has 0 aliphatic carbocycles. The molecular weight excluding hydrogens is 470 g/mol. The number of aryl methyl sites for hydroxylation is 1. The molecule has 0 unspecified atom stereocenters. The molecule has 9 heteroatoms. The van der Waals surface area contributed by atoms with Crippen molar-refractivity contribution in [2.24, 2.45) is 0 Å². The molecule has 0 fully saturated rings. The molecule has 3 rings (SSSR count). The fourth-order valence-electron chi connectivity index (χ4n) is 3.28. The molecule has 35 heavy (non-hydrogen) atoms. The van der Waals surface area contributed by atoms with E-state index < -0.39 is 18.5 Å². The molecule has 0 radical (unpaired) electrons. The van der Waals surface area contributed by atoms with E-state index in [4.69, 9.17) is 25.8 Å². The number of halogens is 1. The second-order valence-electron chi connectivity index (χ2n) is 7.45. The molecule has 184 valence electrons. The molecule has 0 aliphatic heterocycles. The molecule has 2 aromatic carbocycles. The first-order chi connectivity index (χ1) is 16.9. The van der Waals surface area contributed by atoms with Crippen LogP contribution in [-0.4, -0.2) is 41.5 Å². The highest BCUT2D eigenvalue weighted by atomic mass is 35.5. The van der Waals surface area contributed by atoms with Gasteiger partial charge in [0.2, 0.25) is 0 Å². The molecule has 8 nitrogen and oxygen atoms in total. The average Bonchev–Trinajstić information content (AvgIpc) is 3.11. The molecule has 3 aromatic rings. The summed E-state index contributed by atoms with van der Waals surface area (Å²) < 4.78 is 17.7. The molecule has 1 heterocycles. The number of anilines is 1. The summed E-state index contributed by atoms with van der Waals surface area (Å²) in [6.07, 6.45) is 2.75. The Balaban J connectivity index is 1.58. The van der Waals surface area contributed by atoms with Gasteiger partial charge in [0, 0.05) is 17.7 Å². The highest BCUT2D eigenvalue weighted by Crippen LogP contribution is 2.29. The van der Waals surface area contributed by atoms with Gasteiger partial charge in [0.25, 0.3) is 5.91 Å². The number of benzene rings is 2. The van der Waals surface area contributed by atoms with Crippen LogP contribution in [0.3, 0.4) is 0 Å². The van der Waals surface area contributed by atoms with Crippen molar-refractivity contribution in [1.82, 2.24) is 9.78 Å². The molecule has 0 aliphatic rings. The molecule has 1 amide bonds. The largest absolute Gasteiger partial charge is 0.494 e. The van der Waals surface area contributed by atoms with Gasteiger partial charge in [-0.15, -0.1) is 0 Å². The normalized spacial score (nSPS) is 10.9. The van der Waals surface area contributed by atoms with Crippen LogP contribution in [0.1, 0.15) is 30.7 Å². The number of carbonyl (C=O) groups excluding carboxylic acids is 2. The van der Waals surface area contributed by atoms with Gasteiger partial charge in [-0.2, -0.15) is 5.10 Å². The van der Waals surface area contributed by atoms with Gasteiger partial charge in [0.05, 0.1) is 31.1 Å². The highest BCUT2D eigenvalue weighted by molar-refractivity contribution is 6.31. The number of esters is 1. The number of hydrogen-bond donors (Lipinski definition) is 1. The standard InChI is InChI=1S/C26H28ClN3O5/c1-4-33-20-11-13-23(34-5-2)22(15-20)28-24(31)17-35-25(32)14-12-21-18(3)29-30(26(21)27)16-19-9-7-6-8-10-19/h6-15H,4-5,16-17H2,1-3H3,(H,28,31)/b14-12+. The van der Waals surface area contributed by atoms with Gasteiger partial charge in [-0.25, -0.2) is 9.48 Å². The summed E-state index contributed by atoms with van der Waals surface area (Å²) >= 11 is 6.47. The van der Waals surface area contributed by atoms with Gasteiger partial charge in [0.15, 0.2) is 6.61 Å². The summed E-state index contributed by atoms with van der Waals surface area (Å²) in [6, 6.07) is 14.9. The quantitative estimate of drug-likeness (QED) is 0.300. The van der Waals surface area contributed by atoms with Crippen LogP contribution in [0.25, 0.3) is 6.08 Å². The average molecular weight is 498 g/mol. The van der Waals surface area contributed by atoms with Crippen LogP contribution in [0.4, 0.5) is 5.69 Å². The zero-order chi connectivity index (χ0) is 25.2. The first-order valence-electron chi connectivity index (χ1n) is 11.2. The first kappa shape index (κ1) is 25.8. The third-order valence-electron chi connectivity index (χ3n) is 4.85. The Kier molecular flexibility index (Phi) is 9.31. The minimum absolute atomic E-state index is 0.408. The van der Waals surface area contributed by atoms with Crippen LogP contribution in [0.5, 0.6) is 11.5 Å². The molecule has 0 bridgehead atoms. The minimum Gasteiger partial charge on any atom is -0.494 e. The number of hydrogen-bond acceptors (Lipinski definition) is 6. The second kappa shape index (κ2) is 12.6. The second-order valence-corrected chi connectivity index (χ2v) is 7.80. The van der Waals surface area contributed by atoms with Crippen LogP contribution in [-0.2, 0) is 20.9 Å². The van der Waals surface area contributed by atoms with Crippen molar-refractivity contribution >= 4 is 35.2 Å². The van der Waals surface area contributed by atoms with E-state index in [1.54, 1.807) is 29.8 Å². The van der Waals surface area contributed by atoms with E-state index >= 15 is 0 Å². The summed E-state index contributed by atoms with van der Waals surface area (Å²) in [6.45, 7) is 6.47. The maximum absolute atomic E-state index is 12.4. The Labute approximate surface area is 209 Å². The van der Waals surface area contributed by atoms with Crippen LogP contribution in [0, 0.1) is 6.92 Å². The summed E-state index contributed by atoms with van der Waals surface area (Å²) in [7, 11) is 0. The van der Waals surface area contributed by atoms with E-state index in [1.807, 2.05) is 44.2 Å². The summed E-state index contributed by atoms with van der Waals surface area (Å²) in [5.41, 5.74) is 2.77. The van der Waals surface area contributed by atoms with Gasteiger partial charge in [0.1, 0.15) is 16.7 Å². The van der Waals surface area contributed by atoms with Crippen molar-refractivity contribution in [3.63, 3.8) is 0 Å². The Morgan fingerprint density at radius 3 is 2.54 bits per heavy atom. The lowest BCUT2D eigenvalue weighted by atomic mass is 10.2. The summed E-state index contributed by atoms with van der Waals surface area (Å²) in [5.74, 6) is -0.106. The maximum atomic E-state index is 12.4. The van der Waals surface area contributed by atoms with Gasteiger partial charge < -0.3 is 19.5 Å². The summed E-state index contributed by atoms with van der Waals surface area (Å²) in [5, 5.41) is 7.54. The van der Waals surface area contributed by atoms with Crippen molar-refractivity contribution in [3.8, 4) is 11.5 Å². The number of amides is 1. The lowest BCUT2D eigenvalue weighted by Crippen LogP contribution is -2.20. The Hall–Kier alpha value is -3.78. The molecule has 0 atom stereocenters. The fraction of sp³-hybridized carbons (Fsp3) is 0.269. The van der Waals surface area contributed by atoms with Crippen molar-refractivity contribution < 1.29 is 23.8 Å².